The number of hydrogen-bond donors (Lipinski definition) is 1. The summed E-state index contributed by atoms with van der Waals surface area (Å²) in [5, 5.41) is 3.86. The molecule has 1 aromatic carbocycles. The molecule has 2 heteroatoms. The minimum absolute atomic E-state index is 0.270. The third-order valence-electron chi connectivity index (χ3n) is 6.62. The molecule has 5 unspecified atom stereocenters. The number of piperidine rings is 1. The van der Waals surface area contributed by atoms with Crippen molar-refractivity contribution in [2.24, 2.45) is 11.8 Å². The molecule has 2 aliphatic heterocycles. The predicted octanol–water partition coefficient (Wildman–Crippen LogP) is 3.21. The topological polar surface area (TPSA) is 21.3 Å². The van der Waals surface area contributed by atoms with Gasteiger partial charge in [-0.05, 0) is 62.1 Å². The smallest absolute Gasteiger partial charge is 0.123 e. The molecule has 1 saturated heterocycles. The molecule has 110 valence electrons. The molecular formula is C19H23NO. The second kappa shape index (κ2) is 4.13. The van der Waals surface area contributed by atoms with Crippen molar-refractivity contribution in [3.8, 4) is 5.75 Å². The summed E-state index contributed by atoms with van der Waals surface area (Å²) in [6.07, 6.45) is 8.72. The summed E-state index contributed by atoms with van der Waals surface area (Å²) >= 11 is 0. The largest absolute Gasteiger partial charge is 0.489 e. The van der Waals surface area contributed by atoms with E-state index in [2.05, 4.69) is 36.2 Å². The Kier molecular flexibility index (Phi) is 2.42. The molecule has 21 heavy (non-hydrogen) atoms. The van der Waals surface area contributed by atoms with Gasteiger partial charge in [-0.25, -0.2) is 0 Å². The average molecular weight is 281 g/mol. The molecule has 1 aromatic rings. The van der Waals surface area contributed by atoms with E-state index in [0.717, 1.165) is 18.9 Å². The van der Waals surface area contributed by atoms with Crippen molar-refractivity contribution in [2.45, 2.75) is 49.7 Å². The molecule has 2 nitrogen and oxygen atoms in total. The van der Waals surface area contributed by atoms with Gasteiger partial charge in [-0.3, -0.25) is 0 Å². The van der Waals surface area contributed by atoms with Crippen LogP contribution in [0.4, 0.5) is 0 Å². The van der Waals surface area contributed by atoms with Gasteiger partial charge in [-0.15, -0.1) is 6.58 Å². The molecule has 1 spiro atoms. The number of benzene rings is 1. The van der Waals surface area contributed by atoms with Gasteiger partial charge < -0.3 is 10.1 Å². The van der Waals surface area contributed by atoms with Crippen LogP contribution in [0.2, 0.25) is 0 Å². The maximum absolute atomic E-state index is 6.49. The van der Waals surface area contributed by atoms with Crippen molar-refractivity contribution in [1.82, 2.24) is 5.32 Å². The Balaban J connectivity index is 1.79. The van der Waals surface area contributed by atoms with Gasteiger partial charge in [0.2, 0.25) is 0 Å². The lowest BCUT2D eigenvalue weighted by atomic mass is 9.48. The standard InChI is InChI=1S/C19H23NO/c1-2-5-13-11-20-15-10-12-6-3-8-16-18(12)19(13)14(15)7-4-9-17(19)21-16/h2-3,6,8,13-15,17,20H,1,4-5,7,9-11H2. The first-order valence-electron chi connectivity index (χ1n) is 8.49. The van der Waals surface area contributed by atoms with Crippen LogP contribution in [0, 0.1) is 11.8 Å². The molecule has 0 aromatic heterocycles. The van der Waals surface area contributed by atoms with Gasteiger partial charge in [0.1, 0.15) is 11.9 Å². The Hall–Kier alpha value is -1.28. The highest BCUT2D eigenvalue weighted by Gasteiger charge is 2.64. The summed E-state index contributed by atoms with van der Waals surface area (Å²) in [6.45, 7) is 5.15. The van der Waals surface area contributed by atoms with Crippen molar-refractivity contribution in [2.75, 3.05) is 6.54 Å². The summed E-state index contributed by atoms with van der Waals surface area (Å²) in [5.74, 6) is 2.59. The van der Waals surface area contributed by atoms with E-state index in [1.54, 1.807) is 11.1 Å². The molecule has 2 bridgehead atoms. The van der Waals surface area contributed by atoms with E-state index in [1.165, 1.54) is 31.4 Å². The minimum atomic E-state index is 0.270. The molecule has 0 radical (unpaired) electrons. The monoisotopic (exact) mass is 281 g/mol. The zero-order valence-electron chi connectivity index (χ0n) is 12.5. The fraction of sp³-hybridized carbons (Fsp3) is 0.579. The SMILES string of the molecule is C=CCC1CNC2Cc3cccc4c3C13C(CCCC23)O4. The van der Waals surface area contributed by atoms with Crippen LogP contribution in [-0.2, 0) is 11.8 Å². The molecule has 1 N–H and O–H groups in total. The van der Waals surface area contributed by atoms with Gasteiger partial charge in [0.15, 0.2) is 0 Å². The van der Waals surface area contributed by atoms with E-state index in [4.69, 9.17) is 4.74 Å². The molecule has 2 fully saturated rings. The van der Waals surface area contributed by atoms with Crippen LogP contribution >= 0.6 is 0 Å². The van der Waals surface area contributed by atoms with E-state index in [9.17, 15) is 0 Å². The maximum Gasteiger partial charge on any atom is 0.123 e. The predicted molar refractivity (Wildman–Crippen MR) is 83.7 cm³/mol. The Bertz CT molecular complexity index is 610. The lowest BCUT2D eigenvalue weighted by Gasteiger charge is -2.58. The first-order valence-corrected chi connectivity index (χ1v) is 8.49. The second-order valence-electron chi connectivity index (χ2n) is 7.31. The molecule has 4 aliphatic rings. The van der Waals surface area contributed by atoms with Crippen LogP contribution < -0.4 is 10.1 Å². The Morgan fingerprint density at radius 1 is 1.38 bits per heavy atom. The lowest BCUT2D eigenvalue weighted by molar-refractivity contribution is -0.0348. The first-order chi connectivity index (χ1) is 10.4. The van der Waals surface area contributed by atoms with Gasteiger partial charge in [-0.1, -0.05) is 18.2 Å². The van der Waals surface area contributed by atoms with Crippen molar-refractivity contribution in [3.05, 3.63) is 42.0 Å². The van der Waals surface area contributed by atoms with Gasteiger partial charge in [0.25, 0.3) is 0 Å². The number of nitrogens with one attached hydrogen (secondary N) is 1. The van der Waals surface area contributed by atoms with Crippen LogP contribution in [0.3, 0.4) is 0 Å². The minimum Gasteiger partial charge on any atom is -0.489 e. The summed E-state index contributed by atoms with van der Waals surface area (Å²) in [4.78, 5) is 0. The lowest BCUT2D eigenvalue weighted by Crippen LogP contribution is -2.67. The first kappa shape index (κ1) is 12.3. The van der Waals surface area contributed by atoms with Gasteiger partial charge in [0.05, 0.1) is 0 Å². The van der Waals surface area contributed by atoms with Crippen LogP contribution in [0.1, 0.15) is 36.8 Å². The van der Waals surface area contributed by atoms with Crippen LogP contribution in [0.15, 0.2) is 30.9 Å². The van der Waals surface area contributed by atoms with Crippen LogP contribution in [-0.4, -0.2) is 18.7 Å². The highest BCUT2D eigenvalue weighted by Crippen LogP contribution is 2.63. The molecule has 1 saturated carbocycles. The molecule has 2 aliphatic carbocycles. The van der Waals surface area contributed by atoms with Crippen LogP contribution in [0.25, 0.3) is 0 Å². The summed E-state index contributed by atoms with van der Waals surface area (Å²) in [6, 6.07) is 7.37. The van der Waals surface area contributed by atoms with Crippen LogP contribution in [0.5, 0.6) is 5.75 Å². The van der Waals surface area contributed by atoms with E-state index < -0.39 is 0 Å². The zero-order valence-corrected chi connectivity index (χ0v) is 12.5. The molecule has 0 amide bonds. The number of ether oxygens (including phenoxy) is 1. The molecule has 2 heterocycles. The fourth-order valence-corrected chi connectivity index (χ4v) is 6.07. The quantitative estimate of drug-likeness (QED) is 0.841. The third kappa shape index (κ3) is 1.33. The van der Waals surface area contributed by atoms with E-state index >= 15 is 0 Å². The van der Waals surface area contributed by atoms with Crippen molar-refractivity contribution >= 4 is 0 Å². The maximum atomic E-state index is 6.49. The zero-order chi connectivity index (χ0) is 14.0. The van der Waals surface area contributed by atoms with Crippen molar-refractivity contribution in [1.29, 1.82) is 0 Å². The molecule has 5 rings (SSSR count). The van der Waals surface area contributed by atoms with Crippen molar-refractivity contribution in [3.63, 3.8) is 0 Å². The van der Waals surface area contributed by atoms with E-state index in [0.29, 0.717) is 18.1 Å². The summed E-state index contributed by atoms with van der Waals surface area (Å²) in [5.41, 5.74) is 3.40. The number of allylic oxidation sites excluding steroid dienone is 1. The Morgan fingerprint density at radius 2 is 2.33 bits per heavy atom. The highest BCUT2D eigenvalue weighted by molar-refractivity contribution is 5.55. The van der Waals surface area contributed by atoms with E-state index in [-0.39, 0.29) is 5.41 Å². The average Bonchev–Trinajstić information content (AvgIpc) is 2.84. The Morgan fingerprint density at radius 3 is 3.24 bits per heavy atom. The van der Waals surface area contributed by atoms with E-state index in [1.807, 2.05) is 0 Å². The molecule has 5 atom stereocenters. The Labute approximate surface area is 126 Å². The number of rotatable bonds is 2. The normalized spacial score (nSPS) is 42.1. The van der Waals surface area contributed by atoms with Gasteiger partial charge >= 0.3 is 0 Å². The highest BCUT2D eigenvalue weighted by atomic mass is 16.5. The second-order valence-corrected chi connectivity index (χ2v) is 7.31. The molecular weight excluding hydrogens is 258 g/mol. The summed E-state index contributed by atoms with van der Waals surface area (Å²) in [7, 11) is 0. The third-order valence-corrected chi connectivity index (χ3v) is 6.62. The van der Waals surface area contributed by atoms with Gasteiger partial charge in [0, 0.05) is 17.0 Å². The van der Waals surface area contributed by atoms with Gasteiger partial charge in [-0.2, -0.15) is 0 Å². The summed E-state index contributed by atoms with van der Waals surface area (Å²) < 4.78 is 6.49. The fourth-order valence-electron chi connectivity index (χ4n) is 6.07. The van der Waals surface area contributed by atoms with Crippen molar-refractivity contribution < 1.29 is 4.74 Å². The number of hydrogen-bond acceptors (Lipinski definition) is 2.